The maximum atomic E-state index is 13.3. The summed E-state index contributed by atoms with van der Waals surface area (Å²) in [4.78, 5) is 13.3. The van der Waals surface area contributed by atoms with Crippen LogP contribution in [0.1, 0.15) is 37.5 Å². The quantitative estimate of drug-likeness (QED) is 0.726. The van der Waals surface area contributed by atoms with Crippen LogP contribution in [0, 0.1) is 0 Å². The number of carbonyl (C=O) groups excluding carboxylic acids is 1. The number of sulfonamides is 1. The molecule has 0 saturated carbocycles. The summed E-state index contributed by atoms with van der Waals surface area (Å²) in [6.07, 6.45) is 1.36. The van der Waals surface area contributed by atoms with Crippen LogP contribution in [-0.2, 0) is 27.9 Å². The molecule has 1 aromatic carbocycles. The molecular formula is C17H19Cl2N5O3S. The highest BCUT2D eigenvalue weighted by molar-refractivity contribution is 7.89. The van der Waals surface area contributed by atoms with Crippen molar-refractivity contribution >= 4 is 39.1 Å². The summed E-state index contributed by atoms with van der Waals surface area (Å²) in [7, 11) is -3.85. The fraction of sp³-hybridized carbons (Fsp3) is 0.471. The molecular weight excluding hydrogens is 425 g/mol. The van der Waals surface area contributed by atoms with Crippen molar-refractivity contribution in [1.29, 1.82) is 0 Å². The molecule has 1 unspecified atom stereocenters. The van der Waals surface area contributed by atoms with Gasteiger partial charge in [-0.25, -0.2) is 8.42 Å². The Balaban J connectivity index is 1.69. The van der Waals surface area contributed by atoms with Gasteiger partial charge in [0, 0.05) is 31.6 Å². The summed E-state index contributed by atoms with van der Waals surface area (Å²) in [6.45, 7) is 3.36. The predicted molar refractivity (Wildman–Crippen MR) is 103 cm³/mol. The summed E-state index contributed by atoms with van der Waals surface area (Å²) in [5.41, 5.74) is 0. The molecule has 2 aliphatic rings. The van der Waals surface area contributed by atoms with Gasteiger partial charge in [0.15, 0.2) is 11.6 Å². The number of fused-ring (bicyclic) bond motifs is 1. The van der Waals surface area contributed by atoms with Gasteiger partial charge in [-0.1, -0.05) is 23.2 Å². The lowest BCUT2D eigenvalue weighted by Crippen LogP contribution is -2.38. The van der Waals surface area contributed by atoms with Crippen molar-refractivity contribution in [1.82, 2.24) is 24.0 Å². The van der Waals surface area contributed by atoms with Crippen molar-refractivity contribution in [2.75, 3.05) is 13.1 Å². The first-order chi connectivity index (χ1) is 13.3. The lowest BCUT2D eigenvalue weighted by atomic mass is 10.2. The Bertz CT molecular complexity index is 1040. The minimum Gasteiger partial charge on any atom is -0.334 e. The molecule has 4 rings (SSSR count). The Morgan fingerprint density at radius 3 is 2.71 bits per heavy atom. The Kier molecular flexibility index (Phi) is 5.11. The molecule has 1 saturated heterocycles. The lowest BCUT2D eigenvalue weighted by molar-refractivity contribution is -0.130. The van der Waals surface area contributed by atoms with Crippen LogP contribution >= 0.6 is 23.2 Å². The number of aromatic nitrogens is 3. The van der Waals surface area contributed by atoms with Gasteiger partial charge in [-0.3, -0.25) is 4.79 Å². The van der Waals surface area contributed by atoms with Gasteiger partial charge in [0.25, 0.3) is 0 Å². The second kappa shape index (κ2) is 7.29. The van der Waals surface area contributed by atoms with E-state index in [-0.39, 0.29) is 15.8 Å². The molecule has 0 bridgehead atoms. The van der Waals surface area contributed by atoms with Crippen molar-refractivity contribution in [3.8, 4) is 0 Å². The van der Waals surface area contributed by atoms with Gasteiger partial charge in [-0.05, 0) is 31.0 Å². The topological polar surface area (TPSA) is 88.4 Å². The van der Waals surface area contributed by atoms with Gasteiger partial charge in [0.1, 0.15) is 4.90 Å². The molecule has 0 N–H and O–H groups in total. The molecule has 11 heteroatoms. The molecule has 1 fully saturated rings. The van der Waals surface area contributed by atoms with E-state index >= 15 is 0 Å². The number of nitrogens with zero attached hydrogens (tertiary/aromatic N) is 5. The van der Waals surface area contributed by atoms with Crippen molar-refractivity contribution < 1.29 is 13.2 Å². The monoisotopic (exact) mass is 443 g/mol. The molecule has 150 valence electrons. The van der Waals surface area contributed by atoms with Crippen LogP contribution in [-0.4, -0.2) is 51.4 Å². The molecule has 1 aromatic heterocycles. The molecule has 1 amide bonds. The molecule has 0 aliphatic carbocycles. The number of halogens is 2. The fourth-order valence-corrected chi connectivity index (χ4v) is 6.18. The van der Waals surface area contributed by atoms with Crippen molar-refractivity contribution in [2.45, 2.75) is 43.8 Å². The predicted octanol–water partition coefficient (Wildman–Crippen LogP) is 2.47. The highest BCUT2D eigenvalue weighted by atomic mass is 35.5. The van der Waals surface area contributed by atoms with Crippen LogP contribution in [0.5, 0.6) is 0 Å². The lowest BCUT2D eigenvalue weighted by Gasteiger charge is -2.29. The van der Waals surface area contributed by atoms with E-state index < -0.39 is 16.1 Å². The van der Waals surface area contributed by atoms with Crippen LogP contribution in [0.15, 0.2) is 23.1 Å². The van der Waals surface area contributed by atoms with Crippen molar-refractivity contribution in [3.63, 3.8) is 0 Å². The molecule has 2 aliphatic heterocycles. The largest absolute Gasteiger partial charge is 0.334 e. The standard InChI is InChI=1S/C17H19Cl2N5O3S/c1-11(25)22-7-8-23-16(10-22)20-21-17(23)14-3-2-6-24(14)28(26,27)15-9-12(18)4-5-13(15)19/h4-5,9,14H,2-3,6-8,10H2,1H3. The van der Waals surface area contributed by atoms with E-state index in [9.17, 15) is 13.2 Å². The SMILES string of the molecule is CC(=O)N1CCn2c(nnc2C2CCCN2S(=O)(=O)c2cc(Cl)ccc2Cl)C1. The first-order valence-corrected chi connectivity index (χ1v) is 11.1. The molecule has 1 atom stereocenters. The van der Waals surface area contributed by atoms with Crippen molar-refractivity contribution in [2.24, 2.45) is 0 Å². The Labute approximate surface area is 173 Å². The van der Waals surface area contributed by atoms with Gasteiger partial charge in [0.05, 0.1) is 17.6 Å². The highest BCUT2D eigenvalue weighted by Crippen LogP contribution is 2.38. The van der Waals surface area contributed by atoms with Gasteiger partial charge in [-0.2, -0.15) is 4.31 Å². The summed E-state index contributed by atoms with van der Waals surface area (Å²) < 4.78 is 29.9. The molecule has 8 nitrogen and oxygen atoms in total. The molecule has 3 heterocycles. The Morgan fingerprint density at radius 2 is 1.96 bits per heavy atom. The number of hydrogen-bond donors (Lipinski definition) is 0. The third-order valence-corrected chi connectivity index (χ3v) is 7.83. The van der Waals surface area contributed by atoms with Gasteiger partial charge < -0.3 is 9.47 Å². The smallest absolute Gasteiger partial charge is 0.245 e. The minimum absolute atomic E-state index is 0.00490. The average Bonchev–Trinajstić information content (AvgIpc) is 3.29. The van der Waals surface area contributed by atoms with Crippen molar-refractivity contribution in [3.05, 3.63) is 39.9 Å². The van der Waals surface area contributed by atoms with E-state index in [0.29, 0.717) is 55.7 Å². The second-order valence-corrected chi connectivity index (χ2v) is 9.62. The minimum atomic E-state index is -3.85. The highest BCUT2D eigenvalue weighted by Gasteiger charge is 2.40. The first-order valence-electron chi connectivity index (χ1n) is 8.93. The number of rotatable bonds is 3. The van der Waals surface area contributed by atoms with E-state index in [0.717, 1.165) is 0 Å². The zero-order chi connectivity index (χ0) is 20.1. The maximum Gasteiger partial charge on any atom is 0.245 e. The summed E-state index contributed by atoms with van der Waals surface area (Å²) >= 11 is 12.2. The maximum absolute atomic E-state index is 13.3. The van der Waals surface area contributed by atoms with Crippen LogP contribution in [0.2, 0.25) is 10.0 Å². The summed E-state index contributed by atoms with van der Waals surface area (Å²) in [5.74, 6) is 1.26. The molecule has 0 radical (unpaired) electrons. The number of carbonyl (C=O) groups is 1. The van der Waals surface area contributed by atoms with E-state index in [4.69, 9.17) is 23.2 Å². The summed E-state index contributed by atoms with van der Waals surface area (Å²) in [6, 6.07) is 3.99. The number of amides is 1. The fourth-order valence-electron chi connectivity index (χ4n) is 3.78. The summed E-state index contributed by atoms with van der Waals surface area (Å²) in [5, 5.41) is 8.93. The van der Waals surface area contributed by atoms with Crippen LogP contribution in [0.25, 0.3) is 0 Å². The van der Waals surface area contributed by atoms with Gasteiger partial charge in [-0.15, -0.1) is 10.2 Å². The van der Waals surface area contributed by atoms with Crippen LogP contribution in [0.4, 0.5) is 0 Å². The second-order valence-electron chi connectivity index (χ2n) is 6.92. The normalized spacial score (nSPS) is 20.4. The first kappa shape index (κ1) is 19.6. The van der Waals surface area contributed by atoms with Crippen LogP contribution < -0.4 is 0 Å². The van der Waals surface area contributed by atoms with E-state index in [2.05, 4.69) is 10.2 Å². The van der Waals surface area contributed by atoms with E-state index in [1.807, 2.05) is 4.57 Å². The molecule has 0 spiro atoms. The number of benzene rings is 1. The van der Waals surface area contributed by atoms with E-state index in [1.165, 1.54) is 23.4 Å². The Hall–Kier alpha value is -1.68. The van der Waals surface area contributed by atoms with E-state index in [1.54, 1.807) is 11.0 Å². The molecule has 28 heavy (non-hydrogen) atoms. The van der Waals surface area contributed by atoms with Gasteiger partial charge in [0.2, 0.25) is 15.9 Å². The number of hydrogen-bond acceptors (Lipinski definition) is 5. The Morgan fingerprint density at radius 1 is 1.18 bits per heavy atom. The third-order valence-electron chi connectivity index (χ3n) is 5.21. The zero-order valence-electron chi connectivity index (χ0n) is 15.2. The molecule has 2 aromatic rings. The third kappa shape index (κ3) is 3.30. The average molecular weight is 444 g/mol. The van der Waals surface area contributed by atoms with Gasteiger partial charge >= 0.3 is 0 Å². The van der Waals surface area contributed by atoms with Crippen LogP contribution in [0.3, 0.4) is 0 Å². The zero-order valence-corrected chi connectivity index (χ0v) is 17.5.